The third-order valence-electron chi connectivity index (χ3n) is 6.35. The Kier molecular flexibility index (Phi) is 6.80. The van der Waals surface area contributed by atoms with Gasteiger partial charge >= 0.3 is 5.97 Å². The minimum atomic E-state index is -4.00. The maximum Gasteiger partial charge on any atom is 0.311 e. The average molecular weight is 544 g/mol. The highest BCUT2D eigenvalue weighted by Gasteiger charge is 2.25. The van der Waals surface area contributed by atoms with Crippen molar-refractivity contribution in [2.24, 2.45) is 0 Å². The molecule has 0 atom stereocenters. The van der Waals surface area contributed by atoms with E-state index in [1.807, 2.05) is 25.1 Å². The van der Waals surface area contributed by atoms with Gasteiger partial charge in [-0.2, -0.15) is 0 Å². The lowest BCUT2D eigenvalue weighted by molar-refractivity contribution is -0.139. The summed E-state index contributed by atoms with van der Waals surface area (Å²) >= 11 is 0. The Morgan fingerprint density at radius 1 is 1.00 bits per heavy atom. The number of hydrogen-bond donors (Lipinski definition) is 1. The topological polar surface area (TPSA) is 121 Å². The van der Waals surface area contributed by atoms with Crippen molar-refractivity contribution in [1.29, 1.82) is 0 Å². The molecule has 198 valence electrons. The summed E-state index contributed by atoms with van der Waals surface area (Å²) in [6.45, 7) is 1.88. The maximum absolute atomic E-state index is 13.7. The molecule has 0 saturated heterocycles. The Labute approximate surface area is 225 Å². The largest absolute Gasteiger partial charge is 0.506 e. The Morgan fingerprint density at radius 2 is 1.74 bits per heavy atom. The van der Waals surface area contributed by atoms with Crippen LogP contribution in [0, 0.1) is 6.92 Å². The summed E-state index contributed by atoms with van der Waals surface area (Å²) in [7, 11) is -1.17. The van der Waals surface area contributed by atoms with Gasteiger partial charge in [0.05, 0.1) is 31.2 Å². The van der Waals surface area contributed by atoms with E-state index >= 15 is 0 Å². The molecule has 2 aromatic carbocycles. The van der Waals surface area contributed by atoms with Gasteiger partial charge < -0.3 is 14.6 Å². The molecule has 0 aliphatic heterocycles. The van der Waals surface area contributed by atoms with Crippen LogP contribution in [0.5, 0.6) is 11.5 Å². The minimum absolute atomic E-state index is 0.0723. The number of fused-ring (bicyclic) bond motifs is 1. The molecule has 0 spiro atoms. The molecule has 39 heavy (non-hydrogen) atoms. The number of aryl methyl sites for hydroxylation is 1. The highest BCUT2D eigenvalue weighted by atomic mass is 32.2. The highest BCUT2D eigenvalue weighted by Crippen LogP contribution is 2.39. The summed E-state index contributed by atoms with van der Waals surface area (Å²) in [6.07, 6.45) is 2.89. The number of rotatable bonds is 7. The van der Waals surface area contributed by atoms with Crippen LogP contribution in [0.15, 0.2) is 84.0 Å². The van der Waals surface area contributed by atoms with E-state index in [-0.39, 0.29) is 28.4 Å². The molecular formula is C29H25N3O6S. The van der Waals surface area contributed by atoms with E-state index < -0.39 is 16.0 Å². The van der Waals surface area contributed by atoms with Gasteiger partial charge in [0.15, 0.2) is 5.65 Å². The van der Waals surface area contributed by atoms with Gasteiger partial charge in [-0.25, -0.2) is 22.4 Å². The Morgan fingerprint density at radius 3 is 2.46 bits per heavy atom. The number of pyridine rings is 2. The number of methoxy groups -OCH3 is 2. The van der Waals surface area contributed by atoms with Crippen molar-refractivity contribution in [2.75, 3.05) is 14.2 Å². The second kappa shape index (κ2) is 10.2. The van der Waals surface area contributed by atoms with Crippen molar-refractivity contribution in [3.8, 4) is 33.9 Å². The highest BCUT2D eigenvalue weighted by molar-refractivity contribution is 7.90. The number of carbonyl (C=O) groups excluding carboxylic acids is 1. The summed E-state index contributed by atoms with van der Waals surface area (Å²) in [5, 5.41) is 11.1. The predicted molar refractivity (Wildman–Crippen MR) is 146 cm³/mol. The lowest BCUT2D eigenvalue weighted by Gasteiger charge is -2.09. The molecule has 0 radical (unpaired) electrons. The van der Waals surface area contributed by atoms with Crippen molar-refractivity contribution in [3.63, 3.8) is 0 Å². The van der Waals surface area contributed by atoms with Crippen LogP contribution in [0.3, 0.4) is 0 Å². The summed E-state index contributed by atoms with van der Waals surface area (Å²) < 4.78 is 38.9. The lowest BCUT2D eigenvalue weighted by atomic mass is 10.0. The van der Waals surface area contributed by atoms with Crippen molar-refractivity contribution in [2.45, 2.75) is 18.2 Å². The van der Waals surface area contributed by atoms with Gasteiger partial charge in [-0.3, -0.25) is 4.79 Å². The Balaban J connectivity index is 1.75. The van der Waals surface area contributed by atoms with Crippen LogP contribution >= 0.6 is 0 Å². The third kappa shape index (κ3) is 4.82. The molecule has 3 aromatic heterocycles. The van der Waals surface area contributed by atoms with Gasteiger partial charge in [-0.1, -0.05) is 35.9 Å². The third-order valence-corrected chi connectivity index (χ3v) is 8.01. The number of carbonyl (C=O) groups is 1. The van der Waals surface area contributed by atoms with Crippen molar-refractivity contribution in [1.82, 2.24) is 13.9 Å². The molecule has 0 fully saturated rings. The van der Waals surface area contributed by atoms with E-state index in [4.69, 9.17) is 9.47 Å². The van der Waals surface area contributed by atoms with Gasteiger partial charge in [-0.15, -0.1) is 0 Å². The van der Waals surface area contributed by atoms with E-state index in [0.29, 0.717) is 33.5 Å². The number of aromatic hydroxyl groups is 1. The van der Waals surface area contributed by atoms with Gasteiger partial charge in [0.1, 0.15) is 17.2 Å². The first kappa shape index (κ1) is 25.9. The number of hydrogen-bond acceptors (Lipinski definition) is 8. The number of benzene rings is 2. The van der Waals surface area contributed by atoms with Gasteiger partial charge in [-0.05, 0) is 43.3 Å². The van der Waals surface area contributed by atoms with E-state index in [9.17, 15) is 18.3 Å². The molecule has 0 amide bonds. The van der Waals surface area contributed by atoms with E-state index in [0.717, 1.165) is 9.54 Å². The fourth-order valence-electron chi connectivity index (χ4n) is 4.32. The average Bonchev–Trinajstić information content (AvgIpc) is 3.33. The Hall–Kier alpha value is -4.70. The van der Waals surface area contributed by atoms with Crippen molar-refractivity contribution in [3.05, 3.63) is 90.4 Å². The molecule has 0 aliphatic rings. The summed E-state index contributed by atoms with van der Waals surface area (Å²) in [6, 6.07) is 18.6. The van der Waals surface area contributed by atoms with Crippen LogP contribution in [0.2, 0.25) is 0 Å². The SMILES string of the molecule is COC(=O)Cc1ccc(O)c(-c2cnc3c(c2)c(-c2ccccc2OC)cn3S(=O)(=O)c2ccc(C)cc2)n1. The molecule has 3 heterocycles. The van der Waals surface area contributed by atoms with Crippen LogP contribution in [0.4, 0.5) is 0 Å². The second-order valence-corrected chi connectivity index (χ2v) is 10.7. The van der Waals surface area contributed by atoms with Crippen LogP contribution in [-0.2, 0) is 26.0 Å². The van der Waals surface area contributed by atoms with Gasteiger partial charge in [0.25, 0.3) is 10.0 Å². The minimum Gasteiger partial charge on any atom is -0.506 e. The summed E-state index contributed by atoms with van der Waals surface area (Å²) in [5.74, 6) is -0.0318. The molecule has 5 rings (SSSR count). The number of para-hydroxylation sites is 1. The molecule has 0 aliphatic carbocycles. The van der Waals surface area contributed by atoms with Gasteiger partial charge in [0, 0.05) is 34.5 Å². The van der Waals surface area contributed by atoms with Crippen LogP contribution in [-0.4, -0.2) is 47.7 Å². The molecular weight excluding hydrogens is 518 g/mol. The summed E-state index contributed by atoms with van der Waals surface area (Å²) in [4.78, 5) is 20.9. The zero-order chi connectivity index (χ0) is 27.7. The fraction of sp³-hybridized carbons (Fsp3) is 0.138. The molecule has 10 heteroatoms. The number of esters is 1. The van der Waals surface area contributed by atoms with E-state index in [1.54, 1.807) is 43.5 Å². The normalized spacial score (nSPS) is 11.5. The predicted octanol–water partition coefficient (Wildman–Crippen LogP) is 4.74. The fourth-order valence-corrected chi connectivity index (χ4v) is 5.65. The first-order valence-electron chi connectivity index (χ1n) is 12.0. The first-order chi connectivity index (χ1) is 18.7. The van der Waals surface area contributed by atoms with Gasteiger partial charge in [0.2, 0.25) is 0 Å². The first-order valence-corrected chi connectivity index (χ1v) is 13.4. The van der Waals surface area contributed by atoms with E-state index in [1.165, 1.54) is 31.6 Å². The van der Waals surface area contributed by atoms with E-state index in [2.05, 4.69) is 9.97 Å². The molecule has 5 aromatic rings. The number of ether oxygens (including phenoxy) is 2. The second-order valence-electron chi connectivity index (χ2n) is 8.88. The van der Waals surface area contributed by atoms with Crippen LogP contribution in [0.25, 0.3) is 33.4 Å². The van der Waals surface area contributed by atoms with Crippen molar-refractivity contribution >= 4 is 27.0 Å². The maximum atomic E-state index is 13.7. The van der Waals surface area contributed by atoms with Crippen molar-refractivity contribution < 1.29 is 27.8 Å². The summed E-state index contributed by atoms with van der Waals surface area (Å²) in [5.41, 5.74) is 3.41. The standard InChI is InChI=1S/C29H25N3O6S/c1-18-8-11-21(12-9-18)39(35,36)32-17-24(22-6-4-5-7-26(22)37-2)23-14-19(16-30-29(23)32)28-25(33)13-10-20(31-28)15-27(34)38-3/h4-14,16-17,33H,15H2,1-3H3. The quantitative estimate of drug-likeness (QED) is 0.292. The Bertz CT molecular complexity index is 1810. The molecule has 0 saturated carbocycles. The molecule has 1 N–H and O–H groups in total. The van der Waals surface area contributed by atoms with Crippen LogP contribution < -0.4 is 4.74 Å². The monoisotopic (exact) mass is 543 g/mol. The number of nitrogens with zero attached hydrogens (tertiary/aromatic N) is 3. The molecule has 0 unspecified atom stereocenters. The zero-order valence-electron chi connectivity index (χ0n) is 21.5. The number of aromatic nitrogens is 3. The zero-order valence-corrected chi connectivity index (χ0v) is 22.3. The lowest BCUT2D eigenvalue weighted by Crippen LogP contribution is -2.12. The smallest absolute Gasteiger partial charge is 0.311 e. The molecule has 9 nitrogen and oxygen atoms in total. The van der Waals surface area contributed by atoms with Crippen LogP contribution in [0.1, 0.15) is 11.3 Å². The molecule has 0 bridgehead atoms.